The predicted molar refractivity (Wildman–Crippen MR) is 140 cm³/mol. The van der Waals surface area contributed by atoms with E-state index >= 15 is 0 Å². The molecular formula is C27H29NO7S2. The van der Waals surface area contributed by atoms with Gasteiger partial charge in [-0.3, -0.25) is 0 Å². The maximum Gasteiger partial charge on any atom is 0.341 e. The summed E-state index contributed by atoms with van der Waals surface area (Å²) in [6.45, 7) is -0.464. The van der Waals surface area contributed by atoms with Gasteiger partial charge in [-0.2, -0.15) is 4.31 Å². The molecule has 1 aliphatic rings. The number of carbonyl (C=O) groups is 1. The van der Waals surface area contributed by atoms with Crippen LogP contribution in [0.5, 0.6) is 5.75 Å². The highest BCUT2D eigenvalue weighted by atomic mass is 32.2. The summed E-state index contributed by atoms with van der Waals surface area (Å²) < 4.78 is 57.9. The number of sulfone groups is 1. The predicted octanol–water partition coefficient (Wildman–Crippen LogP) is 4.31. The highest BCUT2D eigenvalue weighted by Gasteiger charge is 2.32. The van der Waals surface area contributed by atoms with Crippen molar-refractivity contribution in [3.05, 3.63) is 77.9 Å². The summed E-state index contributed by atoms with van der Waals surface area (Å²) in [5.74, 6) is -0.604. The Bertz CT molecular complexity index is 1510. The number of aliphatic carboxylic acids is 1. The van der Waals surface area contributed by atoms with Gasteiger partial charge >= 0.3 is 5.97 Å². The van der Waals surface area contributed by atoms with Crippen molar-refractivity contribution in [2.24, 2.45) is 0 Å². The fraction of sp³-hybridized carbons (Fsp3) is 0.296. The second-order valence-electron chi connectivity index (χ2n) is 9.11. The monoisotopic (exact) mass is 543 g/mol. The van der Waals surface area contributed by atoms with E-state index in [-0.39, 0.29) is 9.79 Å². The summed E-state index contributed by atoms with van der Waals surface area (Å²) in [4.78, 5) is 11.3. The van der Waals surface area contributed by atoms with E-state index in [9.17, 15) is 21.6 Å². The van der Waals surface area contributed by atoms with Gasteiger partial charge in [-0.1, -0.05) is 42.8 Å². The minimum Gasteiger partial charge on any atom is -0.482 e. The third kappa shape index (κ3) is 5.87. The second kappa shape index (κ2) is 10.6. The van der Waals surface area contributed by atoms with Gasteiger partial charge in [0.2, 0.25) is 10.0 Å². The molecule has 0 bridgehead atoms. The number of sulfonamides is 1. The Morgan fingerprint density at radius 1 is 0.946 bits per heavy atom. The number of ether oxygens (including phenoxy) is 1. The van der Waals surface area contributed by atoms with Crippen LogP contribution in [0.2, 0.25) is 0 Å². The number of benzene rings is 3. The maximum absolute atomic E-state index is 13.6. The van der Waals surface area contributed by atoms with Crippen molar-refractivity contribution in [1.82, 2.24) is 4.31 Å². The van der Waals surface area contributed by atoms with Gasteiger partial charge < -0.3 is 9.84 Å². The van der Waals surface area contributed by atoms with Gasteiger partial charge in [0, 0.05) is 13.3 Å². The third-order valence-corrected chi connectivity index (χ3v) is 9.59. The molecule has 3 aromatic rings. The lowest BCUT2D eigenvalue weighted by Crippen LogP contribution is -2.31. The first-order valence-electron chi connectivity index (χ1n) is 11.8. The van der Waals surface area contributed by atoms with Crippen LogP contribution in [-0.2, 0) is 31.1 Å². The zero-order valence-electron chi connectivity index (χ0n) is 20.6. The summed E-state index contributed by atoms with van der Waals surface area (Å²) in [6, 6.07) is 17.8. The number of fused-ring (bicyclic) bond motifs is 1. The number of carboxylic acid groups (broad SMARTS) is 1. The molecule has 0 radical (unpaired) electrons. The summed E-state index contributed by atoms with van der Waals surface area (Å²) in [7, 11) is -5.67. The number of carboxylic acids is 1. The lowest BCUT2D eigenvalue weighted by molar-refractivity contribution is -0.139. The van der Waals surface area contributed by atoms with Crippen LogP contribution in [0, 0.1) is 0 Å². The van der Waals surface area contributed by atoms with Crippen LogP contribution >= 0.6 is 0 Å². The number of hydrogen-bond acceptors (Lipinski definition) is 6. The molecule has 8 nitrogen and oxygen atoms in total. The molecule has 0 amide bonds. The molecule has 1 N–H and O–H groups in total. The van der Waals surface area contributed by atoms with Gasteiger partial charge in [0.25, 0.3) is 0 Å². The Hall–Kier alpha value is -3.21. The van der Waals surface area contributed by atoms with Crippen LogP contribution in [0.3, 0.4) is 0 Å². The fourth-order valence-corrected chi connectivity index (χ4v) is 6.70. The van der Waals surface area contributed by atoms with Crippen molar-refractivity contribution < 1.29 is 31.5 Å². The topological polar surface area (TPSA) is 118 Å². The molecule has 1 unspecified atom stereocenters. The van der Waals surface area contributed by atoms with E-state index < -0.39 is 38.5 Å². The Labute approximate surface area is 217 Å². The molecular weight excluding hydrogens is 514 g/mol. The first-order valence-corrected chi connectivity index (χ1v) is 15.2. The van der Waals surface area contributed by atoms with Gasteiger partial charge in [-0.25, -0.2) is 21.6 Å². The number of nitrogens with zero attached hydrogens (tertiary/aromatic N) is 1. The Morgan fingerprint density at radius 2 is 1.65 bits per heavy atom. The number of rotatable bonds is 8. The molecule has 0 aliphatic heterocycles. The van der Waals surface area contributed by atoms with Crippen LogP contribution in [-0.4, -0.2) is 52.1 Å². The molecule has 0 aromatic heterocycles. The van der Waals surface area contributed by atoms with Crippen LogP contribution in [0.15, 0.2) is 76.5 Å². The largest absolute Gasteiger partial charge is 0.482 e. The van der Waals surface area contributed by atoms with E-state index in [4.69, 9.17) is 9.84 Å². The van der Waals surface area contributed by atoms with E-state index in [1.54, 1.807) is 49.5 Å². The van der Waals surface area contributed by atoms with Crippen LogP contribution in [0.4, 0.5) is 0 Å². The molecule has 196 valence electrons. The van der Waals surface area contributed by atoms with Crippen LogP contribution in [0.25, 0.3) is 11.1 Å². The van der Waals surface area contributed by atoms with Crippen LogP contribution in [0.1, 0.15) is 36.4 Å². The lowest BCUT2D eigenvalue weighted by atomic mass is 9.98. The molecule has 10 heteroatoms. The normalized spacial score (nSPS) is 16.1. The van der Waals surface area contributed by atoms with E-state index in [0.717, 1.165) is 30.2 Å². The Kier molecular flexibility index (Phi) is 7.72. The van der Waals surface area contributed by atoms with Crippen molar-refractivity contribution in [1.29, 1.82) is 0 Å². The van der Waals surface area contributed by atoms with Gasteiger partial charge in [0.1, 0.15) is 5.75 Å². The van der Waals surface area contributed by atoms with Gasteiger partial charge in [0.05, 0.1) is 15.8 Å². The average Bonchev–Trinajstić information content (AvgIpc) is 3.09. The van der Waals surface area contributed by atoms with Gasteiger partial charge in [0.15, 0.2) is 16.4 Å². The van der Waals surface area contributed by atoms with Gasteiger partial charge in [-0.15, -0.1) is 0 Å². The van der Waals surface area contributed by atoms with E-state index in [1.165, 1.54) is 22.5 Å². The van der Waals surface area contributed by atoms with Gasteiger partial charge in [-0.05, 0) is 71.8 Å². The smallest absolute Gasteiger partial charge is 0.341 e. The summed E-state index contributed by atoms with van der Waals surface area (Å²) >= 11 is 0. The maximum atomic E-state index is 13.6. The minimum atomic E-state index is -3.86. The lowest BCUT2D eigenvalue weighted by Gasteiger charge is -2.28. The Morgan fingerprint density at radius 3 is 2.32 bits per heavy atom. The molecule has 1 atom stereocenters. The number of hydrogen-bond donors (Lipinski definition) is 1. The standard InChI is InChI=1S/C27H29NO7S2/c1-28(25-11-4-3-9-24-23(25)10-6-12-26(24)35-18-27(29)30)37(33,34)21-15-13-19(14-16-21)20-7-5-8-22(17-20)36(2,31)32/h5-8,10,12-17,25H,3-4,9,11,18H2,1-2H3,(H,29,30). The zero-order valence-corrected chi connectivity index (χ0v) is 22.3. The summed E-state index contributed by atoms with van der Waals surface area (Å²) in [5.41, 5.74) is 3.04. The molecule has 0 saturated heterocycles. The second-order valence-corrected chi connectivity index (χ2v) is 13.1. The summed E-state index contributed by atoms with van der Waals surface area (Å²) in [5, 5.41) is 9.01. The first kappa shape index (κ1) is 26.8. The molecule has 0 spiro atoms. The quantitative estimate of drug-likeness (QED) is 0.421. The highest BCUT2D eigenvalue weighted by Crippen LogP contribution is 2.39. The minimum absolute atomic E-state index is 0.127. The van der Waals surface area contributed by atoms with E-state index in [0.29, 0.717) is 29.7 Å². The molecule has 0 heterocycles. The zero-order chi connectivity index (χ0) is 26.8. The fourth-order valence-electron chi connectivity index (χ4n) is 4.67. The average molecular weight is 544 g/mol. The summed E-state index contributed by atoms with van der Waals surface area (Å²) in [6.07, 6.45) is 4.10. The first-order chi connectivity index (χ1) is 17.5. The van der Waals surface area contributed by atoms with E-state index in [2.05, 4.69) is 0 Å². The van der Waals surface area contributed by atoms with E-state index in [1.807, 2.05) is 6.07 Å². The van der Waals surface area contributed by atoms with Crippen molar-refractivity contribution in [3.8, 4) is 16.9 Å². The van der Waals surface area contributed by atoms with Crippen molar-refractivity contribution in [2.45, 2.75) is 41.5 Å². The third-order valence-electron chi connectivity index (χ3n) is 6.60. The highest BCUT2D eigenvalue weighted by molar-refractivity contribution is 7.90. The van der Waals surface area contributed by atoms with Crippen LogP contribution < -0.4 is 4.74 Å². The molecule has 37 heavy (non-hydrogen) atoms. The van der Waals surface area contributed by atoms with Crippen molar-refractivity contribution >= 4 is 25.8 Å². The van der Waals surface area contributed by atoms with Crippen molar-refractivity contribution in [2.75, 3.05) is 19.9 Å². The van der Waals surface area contributed by atoms with Crippen molar-refractivity contribution in [3.63, 3.8) is 0 Å². The Balaban J connectivity index is 1.64. The molecule has 0 saturated carbocycles. The molecule has 4 rings (SSSR count). The molecule has 1 aliphatic carbocycles. The SMILES string of the molecule is CN(C1CCCCc2c(OCC(=O)O)cccc21)S(=O)(=O)c1ccc(-c2cccc(S(C)(=O)=O)c2)cc1. The molecule has 3 aromatic carbocycles. The molecule has 0 fully saturated rings.